The van der Waals surface area contributed by atoms with Crippen molar-refractivity contribution < 1.29 is 4.74 Å². The molecule has 0 fully saturated rings. The third kappa shape index (κ3) is 5.28. The van der Waals surface area contributed by atoms with Gasteiger partial charge in [0.05, 0.1) is 11.6 Å². The first-order valence-electron chi connectivity index (χ1n) is 17.2. The topological polar surface area (TPSA) is 71.7 Å². The highest BCUT2D eigenvalue weighted by molar-refractivity contribution is 7.20. The van der Waals surface area contributed by atoms with Gasteiger partial charge in [0.1, 0.15) is 11.5 Å². The number of hydrogen-bond acceptors (Lipinski definition) is 5. The average Bonchev–Trinajstić information content (AvgIpc) is 3.23. The van der Waals surface area contributed by atoms with Crippen LogP contribution in [0.2, 0.25) is 0 Å². The number of aromatic nitrogens is 3. The highest BCUT2D eigenvalue weighted by Gasteiger charge is 2.48. The second kappa shape index (κ2) is 13.1. The highest BCUT2D eigenvalue weighted by Crippen LogP contribution is 2.38. The Hall–Kier alpha value is -6.94. The second-order valence-corrected chi connectivity index (χ2v) is 16.4. The lowest BCUT2D eigenvalue weighted by Gasteiger charge is -2.40. The van der Waals surface area contributed by atoms with E-state index in [1.165, 1.54) is 20.7 Å². The number of para-hydroxylation sites is 2. The Morgan fingerprint density at radius 1 is 0.442 bits per heavy atom. The van der Waals surface area contributed by atoms with Crippen molar-refractivity contribution in [3.63, 3.8) is 0 Å². The maximum absolute atomic E-state index is 9.60. The van der Waals surface area contributed by atoms with Crippen LogP contribution < -0.4 is 25.5 Å². The minimum atomic E-state index is -2.80. The summed E-state index contributed by atoms with van der Waals surface area (Å²) in [5, 5.41) is 14.6. The smallest absolute Gasteiger partial charge is 0.188 e. The Balaban J connectivity index is 1.24. The van der Waals surface area contributed by atoms with Crippen molar-refractivity contribution in [2.75, 3.05) is 0 Å². The predicted octanol–water partition coefficient (Wildman–Crippen LogP) is 7.89. The Morgan fingerprint density at radius 2 is 0.942 bits per heavy atom. The highest BCUT2D eigenvalue weighted by atomic mass is 28.3. The van der Waals surface area contributed by atoms with E-state index in [1.807, 2.05) is 60.7 Å². The maximum Gasteiger partial charge on any atom is 0.188 e. The normalized spacial score (nSPS) is 12.5. The van der Waals surface area contributed by atoms with E-state index in [1.54, 1.807) is 6.07 Å². The van der Waals surface area contributed by atoms with E-state index in [-0.39, 0.29) is 0 Å². The van der Waals surface area contributed by atoms with Crippen LogP contribution in [0, 0.1) is 11.3 Å². The Labute approximate surface area is 303 Å². The first-order valence-corrected chi connectivity index (χ1v) is 19.2. The van der Waals surface area contributed by atoms with Crippen LogP contribution in [0.3, 0.4) is 0 Å². The van der Waals surface area contributed by atoms with Crippen LogP contribution in [-0.2, 0) is 0 Å². The molecular formula is C46H30N4OSi. The van der Waals surface area contributed by atoms with Gasteiger partial charge in [-0.05, 0) is 50.6 Å². The van der Waals surface area contributed by atoms with E-state index in [0.29, 0.717) is 23.0 Å². The summed E-state index contributed by atoms with van der Waals surface area (Å²) < 4.78 is 6.95. The monoisotopic (exact) mass is 682 g/mol. The Morgan fingerprint density at radius 3 is 1.62 bits per heavy atom. The molecule has 1 aromatic heterocycles. The number of ether oxygens (including phenoxy) is 1. The van der Waals surface area contributed by atoms with Gasteiger partial charge in [0.15, 0.2) is 25.5 Å². The average molecular weight is 683 g/mol. The van der Waals surface area contributed by atoms with Crippen LogP contribution in [0.15, 0.2) is 182 Å². The van der Waals surface area contributed by atoms with Gasteiger partial charge < -0.3 is 4.74 Å². The third-order valence-corrected chi connectivity index (χ3v) is 14.5. The van der Waals surface area contributed by atoms with E-state index >= 15 is 0 Å². The lowest BCUT2D eigenvalue weighted by atomic mass is 10.0. The van der Waals surface area contributed by atoms with Crippen LogP contribution in [0.1, 0.15) is 5.56 Å². The van der Waals surface area contributed by atoms with Crippen molar-refractivity contribution in [1.82, 2.24) is 15.0 Å². The van der Waals surface area contributed by atoms with Crippen LogP contribution in [-0.4, -0.2) is 23.0 Å². The van der Waals surface area contributed by atoms with Crippen molar-refractivity contribution in [3.8, 4) is 62.9 Å². The molecular weight excluding hydrogens is 653 g/mol. The standard InChI is InChI=1S/C46H30N4OSi/c47-31-32-15-12-19-35(29-32)45-48-44(33-16-4-1-5-17-33)49-46(50-45)36-20-13-18-34(30-36)39-25-14-28-42-43(39)51-40-26-10-11-27-41(40)52(42,37-21-6-2-7-22-37)38-23-8-3-9-24-38/h1-30H. The molecule has 0 saturated heterocycles. The number of benzene rings is 7. The van der Waals surface area contributed by atoms with Crippen molar-refractivity contribution in [3.05, 3.63) is 188 Å². The summed E-state index contributed by atoms with van der Waals surface area (Å²) in [4.78, 5) is 14.8. The number of nitriles is 1. The maximum atomic E-state index is 9.60. The zero-order valence-electron chi connectivity index (χ0n) is 28.0. The molecule has 1 aliphatic rings. The summed E-state index contributed by atoms with van der Waals surface area (Å²) in [7, 11) is -2.80. The van der Waals surface area contributed by atoms with Gasteiger partial charge in [-0.15, -0.1) is 0 Å². The van der Waals surface area contributed by atoms with Crippen LogP contribution in [0.5, 0.6) is 11.5 Å². The van der Waals surface area contributed by atoms with Crippen LogP contribution in [0.4, 0.5) is 0 Å². The Bertz CT molecular complexity index is 2580. The quantitative estimate of drug-likeness (QED) is 0.167. The van der Waals surface area contributed by atoms with Crippen LogP contribution in [0.25, 0.3) is 45.3 Å². The first-order chi connectivity index (χ1) is 25.7. The molecule has 0 N–H and O–H groups in total. The van der Waals surface area contributed by atoms with E-state index in [9.17, 15) is 5.26 Å². The molecule has 0 spiro atoms. The van der Waals surface area contributed by atoms with Gasteiger partial charge in [-0.2, -0.15) is 5.26 Å². The zero-order valence-corrected chi connectivity index (χ0v) is 29.0. The van der Waals surface area contributed by atoms with E-state index in [0.717, 1.165) is 39.3 Å². The number of rotatable bonds is 6. The zero-order chi connectivity index (χ0) is 34.9. The molecule has 0 amide bonds. The minimum Gasteiger partial charge on any atom is -0.457 e. The summed E-state index contributed by atoms with van der Waals surface area (Å²) in [6.07, 6.45) is 0. The molecule has 0 aliphatic carbocycles. The summed E-state index contributed by atoms with van der Waals surface area (Å²) in [5.74, 6) is 3.36. The molecule has 0 atom stereocenters. The molecule has 1 aliphatic heterocycles. The van der Waals surface area contributed by atoms with Gasteiger partial charge in [-0.3, -0.25) is 0 Å². The largest absolute Gasteiger partial charge is 0.457 e. The fourth-order valence-corrected chi connectivity index (χ4v) is 12.3. The third-order valence-electron chi connectivity index (χ3n) is 9.68. The molecule has 8 aromatic rings. The van der Waals surface area contributed by atoms with E-state index in [2.05, 4.69) is 121 Å². The van der Waals surface area contributed by atoms with Crippen molar-refractivity contribution in [2.24, 2.45) is 0 Å². The summed E-state index contributed by atoms with van der Waals surface area (Å²) >= 11 is 0. The van der Waals surface area contributed by atoms with Crippen molar-refractivity contribution in [1.29, 1.82) is 5.26 Å². The van der Waals surface area contributed by atoms with Crippen molar-refractivity contribution in [2.45, 2.75) is 0 Å². The SMILES string of the molecule is N#Cc1cccc(-c2nc(-c3ccccc3)nc(-c3cccc(-c4cccc5c4Oc4ccccc4[Si]5(c4ccccc4)c4ccccc4)c3)n2)c1. The van der Waals surface area contributed by atoms with Crippen LogP contribution >= 0.6 is 0 Å². The molecule has 0 saturated carbocycles. The summed E-state index contributed by atoms with van der Waals surface area (Å²) in [5.41, 5.74) is 5.02. The molecule has 9 rings (SSSR count). The summed E-state index contributed by atoms with van der Waals surface area (Å²) in [6.45, 7) is 0. The lowest BCUT2D eigenvalue weighted by Crippen LogP contribution is -2.76. The van der Waals surface area contributed by atoms with Gasteiger partial charge >= 0.3 is 0 Å². The predicted molar refractivity (Wildman–Crippen MR) is 210 cm³/mol. The second-order valence-electron chi connectivity index (χ2n) is 12.7. The lowest BCUT2D eigenvalue weighted by molar-refractivity contribution is 0.489. The van der Waals surface area contributed by atoms with Crippen molar-refractivity contribution >= 4 is 28.8 Å². The molecule has 0 radical (unpaired) electrons. The van der Waals surface area contributed by atoms with Gasteiger partial charge in [0.25, 0.3) is 0 Å². The molecule has 6 heteroatoms. The molecule has 2 heterocycles. The molecule has 7 aromatic carbocycles. The fourth-order valence-electron chi connectivity index (χ4n) is 7.36. The minimum absolute atomic E-state index is 0.505. The van der Waals surface area contributed by atoms with E-state index < -0.39 is 8.07 Å². The molecule has 5 nitrogen and oxygen atoms in total. The van der Waals surface area contributed by atoms with Gasteiger partial charge in [-0.25, -0.2) is 15.0 Å². The van der Waals surface area contributed by atoms with Gasteiger partial charge in [0, 0.05) is 22.3 Å². The van der Waals surface area contributed by atoms with Gasteiger partial charge in [0.2, 0.25) is 0 Å². The number of hydrogen-bond donors (Lipinski definition) is 0. The van der Waals surface area contributed by atoms with E-state index in [4.69, 9.17) is 19.7 Å². The molecule has 0 unspecified atom stereocenters. The summed E-state index contributed by atoms with van der Waals surface area (Å²) in [6, 6.07) is 64.7. The number of fused-ring (bicyclic) bond motifs is 2. The number of nitrogens with zero attached hydrogens (tertiary/aromatic N) is 4. The first kappa shape index (κ1) is 31.1. The molecule has 52 heavy (non-hydrogen) atoms. The molecule has 0 bridgehead atoms. The fraction of sp³-hybridized carbons (Fsp3) is 0. The van der Waals surface area contributed by atoms with Gasteiger partial charge in [-0.1, -0.05) is 158 Å². The Kier molecular flexibility index (Phi) is 7.81. The molecule has 244 valence electrons.